The highest BCUT2D eigenvalue weighted by molar-refractivity contribution is 5.93. The highest BCUT2D eigenvalue weighted by atomic mass is 19.1. The van der Waals surface area contributed by atoms with E-state index in [9.17, 15) is 9.18 Å². The van der Waals surface area contributed by atoms with Crippen LogP contribution in [0.1, 0.15) is 27.7 Å². The molecule has 2 aromatic carbocycles. The number of hydrogen-bond acceptors (Lipinski definition) is 3. The first-order valence-corrected chi connectivity index (χ1v) is 9.16. The van der Waals surface area contributed by atoms with Crippen molar-refractivity contribution in [3.8, 4) is 11.3 Å². The Morgan fingerprint density at radius 3 is 2.39 bits per heavy atom. The normalized spacial score (nSPS) is 12.2. The lowest BCUT2D eigenvalue weighted by Crippen LogP contribution is -2.34. The van der Waals surface area contributed by atoms with E-state index in [0.717, 1.165) is 16.8 Å². The van der Waals surface area contributed by atoms with E-state index in [-0.39, 0.29) is 17.8 Å². The van der Waals surface area contributed by atoms with Crippen molar-refractivity contribution in [2.75, 3.05) is 20.6 Å². The van der Waals surface area contributed by atoms with Crippen molar-refractivity contribution in [1.82, 2.24) is 20.0 Å². The standard InChI is InChI=1S/C22H25FN4O/c1-15-5-7-17(8-6-15)21(26(2)3)14-24-22(28)19-13-20(27(4)25-19)16-9-11-18(23)12-10-16/h5-13,21H,14H2,1-4H3,(H,24,28). The third-order valence-corrected chi connectivity index (χ3v) is 4.79. The van der Waals surface area contributed by atoms with Crippen molar-refractivity contribution in [2.24, 2.45) is 7.05 Å². The maximum Gasteiger partial charge on any atom is 0.271 e. The summed E-state index contributed by atoms with van der Waals surface area (Å²) >= 11 is 0. The molecule has 0 aliphatic rings. The SMILES string of the molecule is Cc1ccc(C(CNC(=O)c2cc(-c3ccc(F)cc3)n(C)n2)N(C)C)cc1. The fourth-order valence-electron chi connectivity index (χ4n) is 3.14. The van der Waals surface area contributed by atoms with Gasteiger partial charge in [0.05, 0.1) is 11.7 Å². The number of likely N-dealkylation sites (N-methyl/N-ethyl adjacent to an activating group) is 1. The molecule has 3 rings (SSSR count). The molecule has 0 fully saturated rings. The second-order valence-electron chi connectivity index (χ2n) is 7.15. The molecule has 1 atom stereocenters. The second kappa shape index (κ2) is 8.35. The van der Waals surface area contributed by atoms with Gasteiger partial charge in [-0.2, -0.15) is 5.10 Å². The monoisotopic (exact) mass is 380 g/mol. The Hall–Kier alpha value is -2.99. The van der Waals surface area contributed by atoms with Gasteiger partial charge < -0.3 is 10.2 Å². The van der Waals surface area contributed by atoms with E-state index in [2.05, 4.69) is 46.5 Å². The van der Waals surface area contributed by atoms with Gasteiger partial charge >= 0.3 is 0 Å². The van der Waals surface area contributed by atoms with Gasteiger partial charge in [-0.3, -0.25) is 9.48 Å². The van der Waals surface area contributed by atoms with Crippen LogP contribution < -0.4 is 5.32 Å². The number of hydrogen-bond donors (Lipinski definition) is 1. The molecule has 1 N–H and O–H groups in total. The molecular formula is C22H25FN4O. The average molecular weight is 380 g/mol. The van der Waals surface area contributed by atoms with Gasteiger partial charge in [0, 0.05) is 13.6 Å². The molecule has 0 aliphatic heterocycles. The molecule has 1 amide bonds. The first-order chi connectivity index (χ1) is 13.3. The summed E-state index contributed by atoms with van der Waals surface area (Å²) in [5.74, 6) is -0.530. The Bertz CT molecular complexity index is 946. The van der Waals surface area contributed by atoms with E-state index in [0.29, 0.717) is 12.2 Å². The molecule has 3 aromatic rings. The van der Waals surface area contributed by atoms with E-state index in [1.54, 1.807) is 29.9 Å². The molecule has 0 radical (unpaired) electrons. The van der Waals surface area contributed by atoms with Crippen LogP contribution in [-0.4, -0.2) is 41.2 Å². The van der Waals surface area contributed by atoms with Crippen molar-refractivity contribution in [3.05, 3.63) is 77.2 Å². The lowest BCUT2D eigenvalue weighted by Gasteiger charge is -2.25. The first-order valence-electron chi connectivity index (χ1n) is 9.16. The number of nitrogens with one attached hydrogen (secondary N) is 1. The number of halogens is 1. The number of benzene rings is 2. The van der Waals surface area contributed by atoms with Crippen LogP contribution >= 0.6 is 0 Å². The zero-order valence-corrected chi connectivity index (χ0v) is 16.6. The molecular weight excluding hydrogens is 355 g/mol. The number of aryl methyl sites for hydroxylation is 2. The molecule has 0 aliphatic carbocycles. The van der Waals surface area contributed by atoms with Gasteiger partial charge in [0.15, 0.2) is 5.69 Å². The third kappa shape index (κ3) is 4.46. The Morgan fingerprint density at radius 1 is 1.14 bits per heavy atom. The number of rotatable bonds is 6. The summed E-state index contributed by atoms with van der Waals surface area (Å²) in [7, 11) is 5.75. The largest absolute Gasteiger partial charge is 0.349 e. The summed E-state index contributed by atoms with van der Waals surface area (Å²) in [6.45, 7) is 2.52. The quantitative estimate of drug-likeness (QED) is 0.711. The summed E-state index contributed by atoms with van der Waals surface area (Å²) in [6, 6.07) is 16.2. The summed E-state index contributed by atoms with van der Waals surface area (Å²) in [4.78, 5) is 14.7. The molecule has 5 nitrogen and oxygen atoms in total. The maximum atomic E-state index is 13.1. The van der Waals surface area contributed by atoms with Crippen LogP contribution in [0.25, 0.3) is 11.3 Å². The number of nitrogens with zero attached hydrogens (tertiary/aromatic N) is 3. The van der Waals surface area contributed by atoms with Crippen molar-refractivity contribution in [2.45, 2.75) is 13.0 Å². The Morgan fingerprint density at radius 2 is 1.79 bits per heavy atom. The average Bonchev–Trinajstić information content (AvgIpc) is 3.05. The molecule has 0 bridgehead atoms. The molecule has 1 aromatic heterocycles. The smallest absolute Gasteiger partial charge is 0.271 e. The van der Waals surface area contributed by atoms with Crippen molar-refractivity contribution in [3.63, 3.8) is 0 Å². The van der Waals surface area contributed by atoms with Crippen LogP contribution in [0.3, 0.4) is 0 Å². The van der Waals surface area contributed by atoms with Gasteiger partial charge in [0.1, 0.15) is 5.82 Å². The number of amides is 1. The van der Waals surface area contributed by atoms with Crippen LogP contribution in [0, 0.1) is 12.7 Å². The minimum Gasteiger partial charge on any atom is -0.349 e. The number of carbonyl (C=O) groups is 1. The molecule has 1 heterocycles. The topological polar surface area (TPSA) is 50.2 Å². The van der Waals surface area contributed by atoms with Gasteiger partial charge in [0.2, 0.25) is 0 Å². The molecule has 0 saturated carbocycles. The van der Waals surface area contributed by atoms with Crippen molar-refractivity contribution in [1.29, 1.82) is 0 Å². The fraction of sp³-hybridized carbons (Fsp3) is 0.273. The van der Waals surface area contributed by atoms with Crippen LogP contribution in [-0.2, 0) is 7.05 Å². The third-order valence-electron chi connectivity index (χ3n) is 4.79. The molecule has 146 valence electrons. The Balaban J connectivity index is 1.73. The predicted octanol–water partition coefficient (Wildman–Crippen LogP) is 3.57. The fourth-order valence-corrected chi connectivity index (χ4v) is 3.14. The summed E-state index contributed by atoms with van der Waals surface area (Å²) in [5, 5.41) is 7.29. The van der Waals surface area contributed by atoms with E-state index >= 15 is 0 Å². The van der Waals surface area contributed by atoms with Gasteiger partial charge in [-0.25, -0.2) is 4.39 Å². The summed E-state index contributed by atoms with van der Waals surface area (Å²) in [5.41, 5.74) is 4.24. The van der Waals surface area contributed by atoms with Gasteiger partial charge in [-0.05, 0) is 62.5 Å². The molecule has 0 spiro atoms. The first kappa shape index (κ1) is 19.8. The van der Waals surface area contributed by atoms with Gasteiger partial charge in [-0.15, -0.1) is 0 Å². The van der Waals surface area contributed by atoms with Crippen LogP contribution in [0.2, 0.25) is 0 Å². The van der Waals surface area contributed by atoms with Crippen LogP contribution in [0.15, 0.2) is 54.6 Å². The Labute approximate surface area is 164 Å². The highest BCUT2D eigenvalue weighted by Gasteiger charge is 2.18. The van der Waals surface area contributed by atoms with E-state index < -0.39 is 0 Å². The van der Waals surface area contributed by atoms with Gasteiger partial charge in [-0.1, -0.05) is 29.8 Å². The predicted molar refractivity (Wildman–Crippen MR) is 109 cm³/mol. The maximum absolute atomic E-state index is 13.1. The molecule has 6 heteroatoms. The number of aromatic nitrogens is 2. The van der Waals surface area contributed by atoms with Crippen LogP contribution in [0.4, 0.5) is 4.39 Å². The summed E-state index contributed by atoms with van der Waals surface area (Å²) in [6.07, 6.45) is 0. The zero-order valence-electron chi connectivity index (χ0n) is 16.6. The van der Waals surface area contributed by atoms with Gasteiger partial charge in [0.25, 0.3) is 5.91 Å². The minimum atomic E-state index is -0.297. The molecule has 0 saturated heterocycles. The van der Waals surface area contributed by atoms with Crippen molar-refractivity contribution >= 4 is 5.91 Å². The lowest BCUT2D eigenvalue weighted by molar-refractivity contribution is 0.0936. The lowest BCUT2D eigenvalue weighted by atomic mass is 10.0. The van der Waals surface area contributed by atoms with E-state index in [4.69, 9.17) is 0 Å². The van der Waals surface area contributed by atoms with E-state index in [1.165, 1.54) is 17.7 Å². The molecule has 1 unspecified atom stereocenters. The molecule has 28 heavy (non-hydrogen) atoms. The number of carbonyl (C=O) groups excluding carboxylic acids is 1. The van der Waals surface area contributed by atoms with Crippen LogP contribution in [0.5, 0.6) is 0 Å². The minimum absolute atomic E-state index is 0.0600. The van der Waals surface area contributed by atoms with E-state index in [1.807, 2.05) is 14.1 Å². The zero-order chi connectivity index (χ0) is 20.3. The second-order valence-corrected chi connectivity index (χ2v) is 7.15. The van der Waals surface area contributed by atoms with Crippen molar-refractivity contribution < 1.29 is 9.18 Å². The highest BCUT2D eigenvalue weighted by Crippen LogP contribution is 2.21. The summed E-state index contributed by atoms with van der Waals surface area (Å²) < 4.78 is 14.8. The Kier molecular flexibility index (Phi) is 5.90.